The van der Waals surface area contributed by atoms with Crippen molar-refractivity contribution >= 4 is 43.5 Å². The molecule has 10 heteroatoms. The molecule has 3 aromatic carbocycles. The second-order valence-electron chi connectivity index (χ2n) is 11.0. The van der Waals surface area contributed by atoms with Gasteiger partial charge in [0.15, 0.2) is 0 Å². The number of methoxy groups -OCH3 is 1. The summed E-state index contributed by atoms with van der Waals surface area (Å²) in [7, 11) is -2.09. The Bertz CT molecular complexity index is 1480. The predicted molar refractivity (Wildman–Crippen MR) is 173 cm³/mol. The zero-order valence-corrected chi connectivity index (χ0v) is 27.1. The van der Waals surface area contributed by atoms with Crippen LogP contribution < -0.4 is 14.4 Å². The van der Waals surface area contributed by atoms with Crippen LogP contribution in [0.2, 0.25) is 0 Å². The minimum Gasteiger partial charge on any atom is -0.497 e. The van der Waals surface area contributed by atoms with Gasteiger partial charge in [-0.05, 0) is 54.7 Å². The fraction of sp³-hybridized carbons (Fsp3) is 0.394. The van der Waals surface area contributed by atoms with E-state index in [9.17, 15) is 18.0 Å². The lowest BCUT2D eigenvalue weighted by Crippen LogP contribution is -2.52. The van der Waals surface area contributed by atoms with E-state index in [-0.39, 0.29) is 43.8 Å². The summed E-state index contributed by atoms with van der Waals surface area (Å²) in [5, 5.41) is 3.22. The first-order valence-corrected chi connectivity index (χ1v) is 17.3. The van der Waals surface area contributed by atoms with Crippen molar-refractivity contribution < 1.29 is 22.7 Å². The van der Waals surface area contributed by atoms with Gasteiger partial charge in [-0.3, -0.25) is 13.9 Å². The molecule has 0 aliphatic heterocycles. The molecular formula is C33H40BrN3O5S. The van der Waals surface area contributed by atoms with Gasteiger partial charge in [0.05, 0.1) is 19.1 Å². The number of ether oxygens (including phenoxy) is 1. The molecule has 3 aromatic rings. The summed E-state index contributed by atoms with van der Waals surface area (Å²) in [6.45, 7) is 0.361. The number of carbonyl (C=O) groups excluding carboxylic acids is 2. The first-order chi connectivity index (χ1) is 20.6. The van der Waals surface area contributed by atoms with Crippen LogP contribution in [-0.2, 0) is 32.6 Å². The summed E-state index contributed by atoms with van der Waals surface area (Å²) in [4.78, 5) is 29.5. The second kappa shape index (κ2) is 15.4. The molecule has 1 atom stereocenters. The van der Waals surface area contributed by atoms with Crippen molar-refractivity contribution in [3.63, 3.8) is 0 Å². The fourth-order valence-electron chi connectivity index (χ4n) is 5.52. The van der Waals surface area contributed by atoms with Crippen LogP contribution in [0.15, 0.2) is 83.3 Å². The molecule has 0 saturated heterocycles. The van der Waals surface area contributed by atoms with Crippen LogP contribution >= 0.6 is 15.9 Å². The van der Waals surface area contributed by atoms with Crippen molar-refractivity contribution in [2.45, 2.75) is 63.6 Å². The molecule has 0 heterocycles. The normalized spacial score (nSPS) is 14.2. The highest BCUT2D eigenvalue weighted by Gasteiger charge is 2.32. The van der Waals surface area contributed by atoms with Crippen LogP contribution in [0.4, 0.5) is 5.69 Å². The maximum absolute atomic E-state index is 14.0. The molecule has 8 nitrogen and oxygen atoms in total. The molecule has 1 aliphatic rings. The highest BCUT2D eigenvalue weighted by Crippen LogP contribution is 2.25. The summed E-state index contributed by atoms with van der Waals surface area (Å²) in [6.07, 6.45) is 5.92. The number of sulfonamides is 1. The van der Waals surface area contributed by atoms with Gasteiger partial charge in [0.25, 0.3) is 0 Å². The minimum absolute atomic E-state index is 0.0754. The first kappa shape index (κ1) is 32.5. The standard InChI is InChI=1S/C33H40BrN3O5S/c1-42-30-18-9-17-29(23-30)37(43(2,40)41)20-10-19-32(38)36(24-26-13-8-14-27(34)21-26)31(22-25-11-4-3-5-12-25)33(39)35-28-15-6-7-16-28/h3-5,8-9,11-14,17-18,21,23,28,31H,6-7,10,15-16,19-20,22,24H2,1-2H3,(H,35,39)/t31-/m0/s1. The summed E-state index contributed by atoms with van der Waals surface area (Å²) in [5.41, 5.74) is 2.32. The lowest BCUT2D eigenvalue weighted by atomic mass is 10.0. The number of carbonyl (C=O) groups is 2. The number of anilines is 1. The Morgan fingerprint density at radius 3 is 2.35 bits per heavy atom. The molecule has 0 spiro atoms. The maximum Gasteiger partial charge on any atom is 0.243 e. The van der Waals surface area contributed by atoms with E-state index < -0.39 is 16.1 Å². The highest BCUT2D eigenvalue weighted by atomic mass is 79.9. The SMILES string of the molecule is COc1cccc(N(CCCC(=O)N(Cc2cccc(Br)c2)[C@@H](Cc2ccccc2)C(=O)NC2CCCC2)S(C)(=O)=O)c1. The van der Waals surface area contributed by atoms with Gasteiger partial charge < -0.3 is 15.0 Å². The van der Waals surface area contributed by atoms with E-state index in [0.717, 1.165) is 47.5 Å². The Labute approximate surface area is 263 Å². The minimum atomic E-state index is -3.61. The van der Waals surface area contributed by atoms with Crippen LogP contribution in [0.3, 0.4) is 0 Å². The molecule has 0 aromatic heterocycles. The van der Waals surface area contributed by atoms with E-state index in [0.29, 0.717) is 17.9 Å². The third-order valence-corrected chi connectivity index (χ3v) is 9.40. The topological polar surface area (TPSA) is 96.0 Å². The summed E-state index contributed by atoms with van der Waals surface area (Å²) < 4.78 is 32.9. The number of nitrogens with zero attached hydrogens (tertiary/aromatic N) is 2. The lowest BCUT2D eigenvalue weighted by molar-refractivity contribution is -0.141. The van der Waals surface area contributed by atoms with Crippen molar-refractivity contribution in [2.75, 3.05) is 24.2 Å². The molecule has 0 unspecified atom stereocenters. The largest absolute Gasteiger partial charge is 0.497 e. The van der Waals surface area contributed by atoms with Crippen LogP contribution in [0.25, 0.3) is 0 Å². The number of amides is 2. The van der Waals surface area contributed by atoms with E-state index in [1.54, 1.807) is 29.2 Å². The summed E-state index contributed by atoms with van der Waals surface area (Å²) >= 11 is 3.52. The van der Waals surface area contributed by atoms with Crippen molar-refractivity contribution in [1.29, 1.82) is 0 Å². The zero-order valence-electron chi connectivity index (χ0n) is 24.7. The van der Waals surface area contributed by atoms with Crippen molar-refractivity contribution in [1.82, 2.24) is 10.2 Å². The fourth-order valence-corrected chi connectivity index (χ4v) is 6.93. The number of benzene rings is 3. The Morgan fingerprint density at radius 1 is 0.977 bits per heavy atom. The van der Waals surface area contributed by atoms with E-state index in [1.165, 1.54) is 11.4 Å². The molecule has 230 valence electrons. The third kappa shape index (κ3) is 9.56. The Morgan fingerprint density at radius 2 is 1.67 bits per heavy atom. The molecule has 43 heavy (non-hydrogen) atoms. The zero-order chi connectivity index (χ0) is 30.8. The van der Waals surface area contributed by atoms with Gasteiger partial charge in [-0.1, -0.05) is 77.3 Å². The van der Waals surface area contributed by atoms with Crippen molar-refractivity contribution in [2.24, 2.45) is 0 Å². The number of nitrogens with one attached hydrogen (secondary N) is 1. The predicted octanol–water partition coefficient (Wildman–Crippen LogP) is 5.70. The van der Waals surface area contributed by atoms with Crippen LogP contribution in [0.1, 0.15) is 49.7 Å². The molecular weight excluding hydrogens is 630 g/mol. The van der Waals surface area contributed by atoms with Crippen molar-refractivity contribution in [3.8, 4) is 5.75 Å². The van der Waals surface area contributed by atoms with Gasteiger partial charge in [0.1, 0.15) is 11.8 Å². The van der Waals surface area contributed by atoms with E-state index in [2.05, 4.69) is 21.2 Å². The average Bonchev–Trinajstić information content (AvgIpc) is 3.50. The molecule has 1 N–H and O–H groups in total. The first-order valence-electron chi connectivity index (χ1n) is 14.6. The Kier molecular flexibility index (Phi) is 11.6. The molecule has 0 radical (unpaired) electrons. The maximum atomic E-state index is 14.0. The second-order valence-corrected chi connectivity index (χ2v) is 13.8. The van der Waals surface area contributed by atoms with Gasteiger partial charge >= 0.3 is 0 Å². The van der Waals surface area contributed by atoms with Gasteiger partial charge in [-0.25, -0.2) is 8.42 Å². The van der Waals surface area contributed by atoms with Crippen LogP contribution in [0.5, 0.6) is 5.75 Å². The number of halogens is 1. The molecule has 2 amide bonds. The summed E-state index contributed by atoms with van der Waals surface area (Å²) in [5.74, 6) is 0.175. The van der Waals surface area contributed by atoms with Gasteiger partial charge in [-0.15, -0.1) is 0 Å². The molecule has 4 rings (SSSR count). The van der Waals surface area contributed by atoms with Gasteiger partial charge in [-0.2, -0.15) is 0 Å². The van der Waals surface area contributed by atoms with Crippen LogP contribution in [0, 0.1) is 0 Å². The average molecular weight is 671 g/mol. The van der Waals surface area contributed by atoms with E-state index >= 15 is 0 Å². The number of hydrogen-bond donors (Lipinski definition) is 1. The van der Waals surface area contributed by atoms with E-state index in [4.69, 9.17) is 4.74 Å². The molecule has 1 saturated carbocycles. The number of hydrogen-bond acceptors (Lipinski definition) is 5. The Balaban J connectivity index is 1.59. The highest BCUT2D eigenvalue weighted by molar-refractivity contribution is 9.10. The summed E-state index contributed by atoms with van der Waals surface area (Å²) in [6, 6.07) is 23.7. The molecule has 1 fully saturated rings. The van der Waals surface area contributed by atoms with Gasteiger partial charge in [0, 0.05) is 42.5 Å². The van der Waals surface area contributed by atoms with Crippen LogP contribution in [-0.4, -0.2) is 57.1 Å². The number of rotatable bonds is 14. The quantitative estimate of drug-likeness (QED) is 0.238. The molecule has 1 aliphatic carbocycles. The monoisotopic (exact) mass is 669 g/mol. The Hall–Kier alpha value is -3.37. The third-order valence-electron chi connectivity index (χ3n) is 7.71. The lowest BCUT2D eigenvalue weighted by Gasteiger charge is -2.33. The molecule has 0 bridgehead atoms. The van der Waals surface area contributed by atoms with Crippen molar-refractivity contribution in [3.05, 3.63) is 94.5 Å². The smallest absolute Gasteiger partial charge is 0.243 e. The van der Waals surface area contributed by atoms with Gasteiger partial charge in [0.2, 0.25) is 21.8 Å². The van der Waals surface area contributed by atoms with E-state index in [1.807, 2.05) is 54.6 Å².